The molecule has 2 aromatic rings. The minimum Gasteiger partial charge on any atom is -0.352 e. The second-order valence-electron chi connectivity index (χ2n) is 6.56. The molecule has 1 amide bonds. The van der Waals surface area contributed by atoms with Crippen molar-refractivity contribution in [3.05, 3.63) is 47.3 Å². The quantitative estimate of drug-likeness (QED) is 0.702. The van der Waals surface area contributed by atoms with Crippen LogP contribution in [0.3, 0.4) is 0 Å². The third-order valence-corrected chi connectivity index (χ3v) is 7.28. The number of hydrogen-bond donors (Lipinski definition) is 3. The molecule has 1 aromatic heterocycles. The van der Waals surface area contributed by atoms with E-state index in [9.17, 15) is 13.2 Å². The van der Waals surface area contributed by atoms with Gasteiger partial charge in [-0.15, -0.1) is 11.3 Å². The van der Waals surface area contributed by atoms with Gasteiger partial charge in [-0.2, -0.15) is 0 Å². The molecule has 1 aliphatic heterocycles. The van der Waals surface area contributed by atoms with Gasteiger partial charge in [-0.3, -0.25) is 9.52 Å². The number of sulfonamides is 1. The number of hydrogen-bond acceptors (Lipinski definition) is 5. The molecule has 26 heavy (non-hydrogen) atoms. The first-order chi connectivity index (χ1) is 12.4. The van der Waals surface area contributed by atoms with Crippen molar-refractivity contribution in [1.29, 1.82) is 0 Å². The van der Waals surface area contributed by atoms with E-state index in [-0.39, 0.29) is 22.6 Å². The zero-order valence-corrected chi connectivity index (χ0v) is 16.2. The predicted molar refractivity (Wildman–Crippen MR) is 104 cm³/mol. The molecule has 2 heterocycles. The van der Waals surface area contributed by atoms with Gasteiger partial charge < -0.3 is 10.6 Å². The molecule has 1 aromatic carbocycles. The Morgan fingerprint density at radius 3 is 2.69 bits per heavy atom. The van der Waals surface area contributed by atoms with Gasteiger partial charge in [0.1, 0.15) is 4.21 Å². The molecule has 1 fully saturated rings. The van der Waals surface area contributed by atoms with Crippen LogP contribution in [-0.2, 0) is 21.2 Å². The van der Waals surface area contributed by atoms with Crippen LogP contribution in [0, 0.1) is 5.92 Å². The van der Waals surface area contributed by atoms with Gasteiger partial charge in [0.15, 0.2) is 0 Å². The monoisotopic (exact) mass is 393 g/mol. The molecule has 6 nitrogen and oxygen atoms in total. The van der Waals surface area contributed by atoms with E-state index in [0.29, 0.717) is 11.6 Å². The van der Waals surface area contributed by atoms with Crippen LogP contribution in [0.25, 0.3) is 0 Å². The van der Waals surface area contributed by atoms with Gasteiger partial charge in [-0.25, -0.2) is 8.42 Å². The Kier molecular flexibility index (Phi) is 5.95. The first-order valence-electron chi connectivity index (χ1n) is 8.59. The molecular formula is C18H23N3O3S2. The fraction of sp³-hybridized carbons (Fsp3) is 0.389. The van der Waals surface area contributed by atoms with E-state index in [4.69, 9.17) is 0 Å². The number of anilines is 1. The number of nitrogens with one attached hydrogen (secondary N) is 3. The van der Waals surface area contributed by atoms with Crippen LogP contribution in [0.4, 0.5) is 5.69 Å². The van der Waals surface area contributed by atoms with Crippen LogP contribution in [0.2, 0.25) is 0 Å². The maximum atomic E-state index is 12.2. The summed E-state index contributed by atoms with van der Waals surface area (Å²) >= 11 is 1.17. The van der Waals surface area contributed by atoms with E-state index in [1.165, 1.54) is 11.3 Å². The predicted octanol–water partition coefficient (Wildman–Crippen LogP) is 2.21. The summed E-state index contributed by atoms with van der Waals surface area (Å²) in [7, 11) is -3.55. The van der Waals surface area contributed by atoms with Gasteiger partial charge in [-0.1, -0.05) is 25.1 Å². The SMILES string of the molecule is CC1CCNCC1NC(=O)Cc1ccc(NS(=O)(=O)c2cccs2)cc1. The Labute approximate surface area is 158 Å². The Morgan fingerprint density at radius 1 is 1.27 bits per heavy atom. The second-order valence-corrected chi connectivity index (χ2v) is 9.41. The third-order valence-electron chi connectivity index (χ3n) is 4.50. The van der Waals surface area contributed by atoms with Gasteiger partial charge in [0.2, 0.25) is 5.91 Å². The van der Waals surface area contributed by atoms with Crippen LogP contribution >= 0.6 is 11.3 Å². The number of thiophene rings is 1. The van der Waals surface area contributed by atoms with Crippen molar-refractivity contribution < 1.29 is 13.2 Å². The fourth-order valence-corrected chi connectivity index (χ4v) is 4.99. The molecular weight excluding hydrogens is 370 g/mol. The molecule has 3 rings (SSSR count). The summed E-state index contributed by atoms with van der Waals surface area (Å²) in [6.07, 6.45) is 1.34. The van der Waals surface area contributed by atoms with Crippen molar-refractivity contribution in [3.63, 3.8) is 0 Å². The van der Waals surface area contributed by atoms with Crippen LogP contribution in [-0.4, -0.2) is 33.5 Å². The normalized spacial score (nSPS) is 20.5. The van der Waals surface area contributed by atoms with E-state index < -0.39 is 10.0 Å². The highest BCUT2D eigenvalue weighted by Crippen LogP contribution is 2.20. The van der Waals surface area contributed by atoms with Crippen molar-refractivity contribution in [2.75, 3.05) is 17.8 Å². The molecule has 2 atom stereocenters. The molecule has 0 bridgehead atoms. The number of piperidine rings is 1. The summed E-state index contributed by atoms with van der Waals surface area (Å²) < 4.78 is 27.2. The van der Waals surface area contributed by atoms with Crippen LogP contribution in [0.5, 0.6) is 0 Å². The van der Waals surface area contributed by atoms with Gasteiger partial charge >= 0.3 is 0 Å². The van der Waals surface area contributed by atoms with E-state index in [0.717, 1.165) is 25.1 Å². The molecule has 1 saturated heterocycles. The highest BCUT2D eigenvalue weighted by molar-refractivity contribution is 7.94. The average Bonchev–Trinajstić information content (AvgIpc) is 3.14. The van der Waals surface area contributed by atoms with E-state index >= 15 is 0 Å². The van der Waals surface area contributed by atoms with Crippen LogP contribution in [0.15, 0.2) is 46.0 Å². The lowest BCUT2D eigenvalue weighted by Crippen LogP contribution is -2.50. The van der Waals surface area contributed by atoms with Crippen molar-refractivity contribution in [3.8, 4) is 0 Å². The van der Waals surface area contributed by atoms with Gasteiger partial charge in [0, 0.05) is 18.3 Å². The summed E-state index contributed by atoms with van der Waals surface area (Å²) in [5, 5.41) is 8.09. The largest absolute Gasteiger partial charge is 0.352 e. The summed E-state index contributed by atoms with van der Waals surface area (Å²) in [6.45, 7) is 3.95. The zero-order valence-electron chi connectivity index (χ0n) is 14.6. The summed E-state index contributed by atoms with van der Waals surface area (Å²) in [4.78, 5) is 12.2. The third kappa shape index (κ3) is 4.84. The molecule has 0 saturated carbocycles. The lowest BCUT2D eigenvalue weighted by atomic mass is 9.94. The minimum absolute atomic E-state index is 0.0162. The smallest absolute Gasteiger partial charge is 0.271 e. The zero-order chi connectivity index (χ0) is 18.6. The van der Waals surface area contributed by atoms with E-state index in [1.807, 2.05) is 0 Å². The van der Waals surface area contributed by atoms with Crippen molar-refractivity contribution in [1.82, 2.24) is 10.6 Å². The number of carbonyl (C=O) groups is 1. The maximum absolute atomic E-state index is 12.2. The fourth-order valence-electron chi connectivity index (χ4n) is 2.94. The molecule has 140 valence electrons. The lowest BCUT2D eigenvalue weighted by Gasteiger charge is -2.30. The first kappa shape index (κ1) is 18.9. The highest BCUT2D eigenvalue weighted by Gasteiger charge is 2.22. The molecule has 0 radical (unpaired) electrons. The number of benzene rings is 1. The van der Waals surface area contributed by atoms with Crippen molar-refractivity contribution in [2.24, 2.45) is 5.92 Å². The molecule has 8 heteroatoms. The molecule has 2 unspecified atom stereocenters. The Bertz CT molecular complexity index is 833. The van der Waals surface area contributed by atoms with Gasteiger partial charge in [-0.05, 0) is 48.0 Å². The topological polar surface area (TPSA) is 87.3 Å². The standard InChI is InChI=1S/C18H23N3O3S2/c1-13-8-9-19-12-16(13)20-17(22)11-14-4-6-15(7-5-14)21-26(23,24)18-3-2-10-25-18/h2-7,10,13,16,19,21H,8-9,11-12H2,1H3,(H,20,22). The summed E-state index contributed by atoms with van der Waals surface area (Å²) in [5.41, 5.74) is 1.32. The maximum Gasteiger partial charge on any atom is 0.271 e. The first-order valence-corrected chi connectivity index (χ1v) is 11.0. The van der Waals surface area contributed by atoms with Crippen molar-refractivity contribution in [2.45, 2.75) is 30.0 Å². The number of amides is 1. The average molecular weight is 394 g/mol. The Morgan fingerprint density at radius 2 is 2.04 bits per heavy atom. The number of carbonyl (C=O) groups excluding carboxylic acids is 1. The van der Waals surface area contributed by atoms with Crippen LogP contribution < -0.4 is 15.4 Å². The minimum atomic E-state index is -3.55. The highest BCUT2D eigenvalue weighted by atomic mass is 32.2. The summed E-state index contributed by atoms with van der Waals surface area (Å²) in [6, 6.07) is 10.3. The molecule has 3 N–H and O–H groups in total. The van der Waals surface area contributed by atoms with Crippen LogP contribution in [0.1, 0.15) is 18.9 Å². The number of rotatable bonds is 6. The summed E-state index contributed by atoms with van der Waals surface area (Å²) in [5.74, 6) is 0.451. The van der Waals surface area contributed by atoms with E-state index in [1.54, 1.807) is 41.8 Å². The molecule has 0 aliphatic carbocycles. The van der Waals surface area contributed by atoms with E-state index in [2.05, 4.69) is 22.3 Å². The second kappa shape index (κ2) is 8.20. The van der Waals surface area contributed by atoms with Gasteiger partial charge in [0.25, 0.3) is 10.0 Å². The van der Waals surface area contributed by atoms with Crippen molar-refractivity contribution >= 4 is 33.0 Å². The lowest BCUT2D eigenvalue weighted by molar-refractivity contribution is -0.121. The Hall–Kier alpha value is -1.90. The molecule has 0 spiro atoms. The van der Waals surface area contributed by atoms with Gasteiger partial charge in [0.05, 0.1) is 6.42 Å². The Balaban J connectivity index is 1.56. The molecule has 1 aliphatic rings.